The van der Waals surface area contributed by atoms with Crippen molar-refractivity contribution in [3.8, 4) is 11.5 Å². The van der Waals surface area contributed by atoms with Gasteiger partial charge in [0.2, 0.25) is 0 Å². The summed E-state index contributed by atoms with van der Waals surface area (Å²) in [5.74, 6) is 0.780. The van der Waals surface area contributed by atoms with E-state index in [-0.39, 0.29) is 17.6 Å². The van der Waals surface area contributed by atoms with E-state index in [1.54, 1.807) is 37.3 Å². The van der Waals surface area contributed by atoms with Crippen LogP contribution in [-0.4, -0.2) is 36.2 Å². The number of amides is 1. The number of ether oxygens (including phenoxy) is 2. The molecular formula is C24H24FIN2O3S. The van der Waals surface area contributed by atoms with Gasteiger partial charge in [-0.2, -0.15) is 0 Å². The third-order valence-corrected chi connectivity index (χ3v) is 7.38. The van der Waals surface area contributed by atoms with Gasteiger partial charge >= 0.3 is 0 Å². The Morgan fingerprint density at radius 1 is 1.16 bits per heavy atom. The lowest BCUT2D eigenvalue weighted by Crippen LogP contribution is -2.40. The Hall–Kier alpha value is -2.07. The molecule has 0 radical (unpaired) electrons. The second-order valence-electron chi connectivity index (χ2n) is 7.66. The van der Waals surface area contributed by atoms with Gasteiger partial charge in [-0.15, -0.1) is 0 Å². The number of thioether (sulfide) groups is 1. The summed E-state index contributed by atoms with van der Waals surface area (Å²) in [5.41, 5.74) is 1.07. The highest BCUT2D eigenvalue weighted by Gasteiger charge is 2.38. The summed E-state index contributed by atoms with van der Waals surface area (Å²) in [5, 5.41) is 0.536. The summed E-state index contributed by atoms with van der Waals surface area (Å²) in [4.78, 5) is 20.4. The Bertz CT molecular complexity index is 1080. The second-order valence-corrected chi connectivity index (χ2v) is 9.83. The number of carbonyl (C=O) groups is 1. The zero-order valence-electron chi connectivity index (χ0n) is 17.9. The highest BCUT2D eigenvalue weighted by Crippen LogP contribution is 2.40. The molecule has 2 aromatic rings. The molecule has 0 unspecified atom stereocenters. The van der Waals surface area contributed by atoms with Crippen LogP contribution in [0.3, 0.4) is 0 Å². The quantitative estimate of drug-likeness (QED) is 0.311. The van der Waals surface area contributed by atoms with Crippen LogP contribution in [0, 0.1) is 9.39 Å². The van der Waals surface area contributed by atoms with Crippen LogP contribution in [0.5, 0.6) is 11.5 Å². The monoisotopic (exact) mass is 566 g/mol. The highest BCUT2D eigenvalue weighted by molar-refractivity contribution is 14.1. The summed E-state index contributed by atoms with van der Waals surface area (Å²) in [6.07, 6.45) is 7.06. The van der Waals surface area contributed by atoms with Crippen LogP contribution in [0.2, 0.25) is 0 Å². The number of halogens is 2. The van der Waals surface area contributed by atoms with Gasteiger partial charge in [-0.3, -0.25) is 9.69 Å². The number of para-hydroxylation sites is 1. The largest absolute Gasteiger partial charge is 0.493 e. The van der Waals surface area contributed by atoms with Crippen LogP contribution in [0.25, 0.3) is 6.08 Å². The summed E-state index contributed by atoms with van der Waals surface area (Å²) in [7, 11) is 3.19. The molecule has 2 fully saturated rings. The van der Waals surface area contributed by atoms with Crippen molar-refractivity contribution in [3.63, 3.8) is 0 Å². The van der Waals surface area contributed by atoms with Crippen molar-refractivity contribution in [1.29, 1.82) is 0 Å². The molecule has 2 aliphatic rings. The van der Waals surface area contributed by atoms with Gasteiger partial charge < -0.3 is 9.47 Å². The van der Waals surface area contributed by atoms with Crippen LogP contribution in [0.15, 0.2) is 46.3 Å². The third-order valence-electron chi connectivity index (χ3n) is 5.60. The second kappa shape index (κ2) is 10.2. The molecule has 4 rings (SSSR count). The van der Waals surface area contributed by atoms with Crippen molar-refractivity contribution < 1.29 is 18.7 Å². The molecule has 1 saturated carbocycles. The molecule has 2 aromatic carbocycles. The summed E-state index contributed by atoms with van der Waals surface area (Å²) >= 11 is 3.48. The van der Waals surface area contributed by atoms with Crippen LogP contribution >= 0.6 is 34.4 Å². The van der Waals surface area contributed by atoms with Crippen LogP contribution in [0.4, 0.5) is 10.1 Å². The first-order valence-corrected chi connectivity index (χ1v) is 12.4. The molecule has 8 heteroatoms. The van der Waals surface area contributed by atoms with E-state index in [1.807, 2.05) is 18.2 Å². The zero-order chi connectivity index (χ0) is 22.7. The molecule has 1 amide bonds. The molecule has 0 N–H and O–H groups in total. The average Bonchev–Trinajstić information content (AvgIpc) is 3.10. The van der Waals surface area contributed by atoms with E-state index < -0.39 is 5.82 Å². The maximum atomic E-state index is 14.3. The van der Waals surface area contributed by atoms with E-state index in [0.717, 1.165) is 34.8 Å². The van der Waals surface area contributed by atoms with Crippen LogP contribution in [0.1, 0.15) is 37.7 Å². The molecule has 5 nitrogen and oxygen atoms in total. The first-order chi connectivity index (χ1) is 15.5. The SMILES string of the molecule is COc1cc(/C=C2\SC(=Nc3ccccc3F)N(C3CCCCC3)C2=O)cc(I)c1OC. The van der Waals surface area contributed by atoms with Crippen molar-refractivity contribution >= 4 is 57.2 Å². The molecular weight excluding hydrogens is 542 g/mol. The maximum Gasteiger partial charge on any atom is 0.267 e. The molecule has 0 atom stereocenters. The fourth-order valence-electron chi connectivity index (χ4n) is 4.04. The minimum atomic E-state index is -0.400. The van der Waals surface area contributed by atoms with Gasteiger partial charge in [0.1, 0.15) is 11.5 Å². The van der Waals surface area contributed by atoms with Crippen LogP contribution < -0.4 is 9.47 Å². The van der Waals surface area contributed by atoms with E-state index in [2.05, 4.69) is 27.6 Å². The molecule has 0 bridgehead atoms. The number of hydrogen-bond acceptors (Lipinski definition) is 5. The van der Waals surface area contributed by atoms with Gasteiger partial charge in [0, 0.05) is 6.04 Å². The molecule has 32 heavy (non-hydrogen) atoms. The van der Waals surface area contributed by atoms with E-state index in [1.165, 1.54) is 24.2 Å². The summed E-state index contributed by atoms with van der Waals surface area (Å²) in [6, 6.07) is 10.3. The van der Waals surface area contributed by atoms with Crippen molar-refractivity contribution in [3.05, 3.63) is 56.3 Å². The Morgan fingerprint density at radius 3 is 2.59 bits per heavy atom. The standard InChI is InChI=1S/C24H24FIN2O3S/c1-30-20-13-15(12-18(26)22(20)31-2)14-21-23(29)28(16-8-4-3-5-9-16)24(32-21)27-19-11-7-6-10-17(19)25/h6-7,10-14,16H,3-5,8-9H2,1-2H3/b21-14-,27-24?. The first-order valence-electron chi connectivity index (χ1n) is 10.5. The van der Waals surface area contributed by atoms with Gasteiger partial charge in [0.05, 0.1) is 22.7 Å². The Kier molecular flexibility index (Phi) is 7.40. The number of hydrogen-bond donors (Lipinski definition) is 0. The minimum absolute atomic E-state index is 0.0817. The number of amidine groups is 1. The van der Waals surface area contributed by atoms with Gasteiger partial charge in [-0.1, -0.05) is 31.4 Å². The van der Waals surface area contributed by atoms with E-state index in [4.69, 9.17) is 9.47 Å². The lowest BCUT2D eigenvalue weighted by Gasteiger charge is -2.30. The van der Waals surface area contributed by atoms with Gasteiger partial charge in [-0.25, -0.2) is 9.38 Å². The number of carbonyl (C=O) groups excluding carboxylic acids is 1. The maximum absolute atomic E-state index is 14.3. The lowest BCUT2D eigenvalue weighted by molar-refractivity contribution is -0.124. The van der Waals surface area contributed by atoms with Crippen molar-refractivity contribution in [2.45, 2.75) is 38.1 Å². The lowest BCUT2D eigenvalue weighted by atomic mass is 9.94. The molecule has 0 spiro atoms. The smallest absolute Gasteiger partial charge is 0.267 e. The number of aliphatic imine (C=N–C) groups is 1. The number of benzene rings is 2. The minimum Gasteiger partial charge on any atom is -0.493 e. The van der Waals surface area contributed by atoms with E-state index >= 15 is 0 Å². The predicted octanol–water partition coefficient (Wildman–Crippen LogP) is 6.38. The van der Waals surface area contributed by atoms with E-state index in [0.29, 0.717) is 21.6 Å². The Morgan fingerprint density at radius 2 is 1.91 bits per heavy atom. The molecule has 1 aliphatic heterocycles. The fraction of sp³-hybridized carbons (Fsp3) is 0.333. The molecule has 168 valence electrons. The summed E-state index contributed by atoms with van der Waals surface area (Å²) < 4.78 is 26.0. The van der Waals surface area contributed by atoms with Crippen molar-refractivity contribution in [2.75, 3.05) is 14.2 Å². The van der Waals surface area contributed by atoms with E-state index in [9.17, 15) is 9.18 Å². The predicted molar refractivity (Wildman–Crippen MR) is 135 cm³/mol. The molecule has 1 heterocycles. The Labute approximate surface area is 205 Å². The molecule has 1 aliphatic carbocycles. The van der Waals surface area contributed by atoms with Gasteiger partial charge in [0.15, 0.2) is 16.7 Å². The number of rotatable bonds is 5. The number of nitrogens with zero attached hydrogens (tertiary/aromatic N) is 2. The van der Waals surface area contributed by atoms with Gasteiger partial charge in [0.25, 0.3) is 5.91 Å². The molecule has 0 aromatic heterocycles. The van der Waals surface area contributed by atoms with Gasteiger partial charge in [-0.05, 0) is 83.1 Å². The third kappa shape index (κ3) is 4.80. The molecule has 1 saturated heterocycles. The van der Waals surface area contributed by atoms with Crippen LogP contribution in [-0.2, 0) is 4.79 Å². The summed E-state index contributed by atoms with van der Waals surface area (Å²) in [6.45, 7) is 0. The fourth-order valence-corrected chi connectivity index (χ4v) is 5.94. The van der Waals surface area contributed by atoms with Crippen molar-refractivity contribution in [2.24, 2.45) is 4.99 Å². The zero-order valence-corrected chi connectivity index (χ0v) is 20.9. The topological polar surface area (TPSA) is 51.1 Å². The normalized spacial score (nSPS) is 19.8. The highest BCUT2D eigenvalue weighted by atomic mass is 127. The Balaban J connectivity index is 1.74. The number of methoxy groups -OCH3 is 2. The van der Waals surface area contributed by atoms with Crippen molar-refractivity contribution in [1.82, 2.24) is 4.90 Å². The first kappa shape index (κ1) is 23.1. The average molecular weight is 566 g/mol.